The molecule has 0 radical (unpaired) electrons. The maximum absolute atomic E-state index is 9.19. The van der Waals surface area contributed by atoms with Crippen molar-refractivity contribution in [2.75, 3.05) is 6.26 Å². The van der Waals surface area contributed by atoms with Gasteiger partial charge in [-0.3, -0.25) is 4.55 Å². The fourth-order valence-corrected chi connectivity index (χ4v) is 0. The minimum absolute atomic E-state index is 0. The minimum Gasteiger partial charge on any atom is -0.750 e. The number of rotatable bonds is 0. The summed E-state index contributed by atoms with van der Waals surface area (Å²) in [7, 11) is -3.67. The summed E-state index contributed by atoms with van der Waals surface area (Å²) < 4.78 is 50.0. The Labute approximate surface area is 62.1 Å². The molecule has 0 bridgehead atoms. The quantitative estimate of drug-likeness (QED) is 0.395. The van der Waals surface area contributed by atoms with Crippen LogP contribution in [0.15, 0.2) is 0 Å². The smallest absolute Gasteiger partial charge is 0.261 e. The molecule has 0 amide bonds. The zero-order valence-electron chi connectivity index (χ0n) is 4.34. The van der Waals surface area contributed by atoms with Crippen molar-refractivity contribution in [1.29, 1.82) is 0 Å². The lowest BCUT2D eigenvalue weighted by Gasteiger charge is -1.83. The normalized spacial score (nSPS) is 12.0. The van der Waals surface area contributed by atoms with Gasteiger partial charge in [-0.2, -0.15) is 8.42 Å². The zero-order valence-corrected chi connectivity index (χ0v) is 5.98. The van der Waals surface area contributed by atoms with E-state index in [-0.39, 0.29) is 7.43 Å². The molecule has 0 aliphatic heterocycles. The van der Waals surface area contributed by atoms with E-state index in [9.17, 15) is 8.42 Å². The largest absolute Gasteiger partial charge is 0.750 e. The summed E-state index contributed by atoms with van der Waals surface area (Å²) >= 11 is -2.86. The number of hydrogen-bond acceptors (Lipinski definition) is 4. The number of hydrogen-bond donors (Lipinski definition) is 2. The molecule has 0 spiro atoms. The van der Waals surface area contributed by atoms with Crippen LogP contribution in [0.3, 0.4) is 0 Å². The van der Waals surface area contributed by atoms with Crippen LogP contribution >= 0.6 is 0 Å². The van der Waals surface area contributed by atoms with Crippen LogP contribution in [0.25, 0.3) is 0 Å². The summed E-state index contributed by atoms with van der Waals surface area (Å²) in [5, 5.41) is 0. The van der Waals surface area contributed by atoms with Gasteiger partial charge in [0.05, 0.1) is 17.6 Å². The van der Waals surface area contributed by atoms with Gasteiger partial charge in [-0.1, -0.05) is 7.43 Å². The molecule has 0 aromatic carbocycles. The van der Waals surface area contributed by atoms with Crippen molar-refractivity contribution in [2.24, 2.45) is 0 Å². The van der Waals surface area contributed by atoms with Gasteiger partial charge in [-0.05, 0) is 0 Å². The Kier molecular flexibility index (Phi) is 11.7. The van der Waals surface area contributed by atoms with Crippen LogP contribution in [0.4, 0.5) is 0 Å². The second kappa shape index (κ2) is 7.09. The molecule has 1 unspecified atom stereocenters. The Balaban J connectivity index is -0.0000000910. The fraction of sp³-hybridized carbons (Fsp3) is 1.00. The third kappa shape index (κ3) is 972000. The van der Waals surface area contributed by atoms with Crippen molar-refractivity contribution in [1.82, 2.24) is 0 Å². The predicted molar refractivity (Wildman–Crippen MR) is 35.8 cm³/mol. The second-order valence-corrected chi connectivity index (χ2v) is 2.85. The molecule has 0 saturated carbocycles. The fourth-order valence-electron chi connectivity index (χ4n) is 0. The van der Waals surface area contributed by atoms with Crippen molar-refractivity contribution in [3.05, 3.63) is 0 Å². The molecule has 10 heavy (non-hydrogen) atoms. The highest BCUT2D eigenvalue weighted by Crippen LogP contribution is 1.60. The summed E-state index contributed by atoms with van der Waals surface area (Å²) in [6, 6.07) is 0. The Morgan fingerprint density at radius 1 is 1.50 bits per heavy atom. The molecule has 0 aromatic heterocycles. The molecule has 1 atom stereocenters. The van der Waals surface area contributed by atoms with Crippen LogP contribution in [0.1, 0.15) is 7.43 Å². The highest BCUT2D eigenvalue weighted by molar-refractivity contribution is 7.85. The molecule has 0 saturated heterocycles. The van der Waals surface area contributed by atoms with Crippen LogP contribution in [-0.4, -0.2) is 32.5 Å². The summed E-state index contributed by atoms with van der Waals surface area (Å²) in [4.78, 5) is 0. The average Bonchev–Trinajstić information content (AvgIpc) is 1.19. The molecule has 0 rings (SSSR count). The van der Waals surface area contributed by atoms with Crippen molar-refractivity contribution in [2.45, 2.75) is 7.43 Å². The Hall–Kier alpha value is -0.0200. The van der Waals surface area contributed by atoms with Gasteiger partial charge in [0.1, 0.15) is 0 Å². The molecule has 2 N–H and O–H groups in total. The van der Waals surface area contributed by atoms with Gasteiger partial charge in [0.2, 0.25) is 0 Å². The first kappa shape index (κ1) is 16.5. The molecular weight excluding hydrogens is 184 g/mol. The van der Waals surface area contributed by atoms with Gasteiger partial charge in [-0.15, -0.1) is 0 Å². The van der Waals surface area contributed by atoms with Gasteiger partial charge in [-0.25, -0.2) is 4.21 Å². The third-order valence-corrected chi connectivity index (χ3v) is 0. The standard InChI is InChI=1S/CH4O3S.CH4.H2O3S/c1-5(2,3)4;;1-4(2)3/h1H3,(H,2,3,4);1H4;(H2,1,2,3)/p-1. The molecule has 0 aliphatic rings. The summed E-state index contributed by atoms with van der Waals surface area (Å²) in [5.74, 6) is 0. The first-order chi connectivity index (χ1) is 3.73. The maximum atomic E-state index is 9.19. The van der Waals surface area contributed by atoms with Gasteiger partial charge in [0, 0.05) is 0 Å². The van der Waals surface area contributed by atoms with E-state index in [0.717, 1.165) is 0 Å². The molecule has 0 fully saturated rings. The van der Waals surface area contributed by atoms with Gasteiger partial charge >= 0.3 is 0 Å². The molecule has 66 valence electrons. The van der Waals surface area contributed by atoms with Crippen molar-refractivity contribution in [3.63, 3.8) is 0 Å². The van der Waals surface area contributed by atoms with Crippen LogP contribution in [0.2, 0.25) is 0 Å². The van der Waals surface area contributed by atoms with Crippen LogP contribution in [-0.2, 0) is 21.5 Å². The van der Waals surface area contributed by atoms with E-state index in [2.05, 4.69) is 0 Å². The zero-order chi connectivity index (χ0) is 8.08. The molecule has 8 heteroatoms. The van der Waals surface area contributed by atoms with Crippen LogP contribution in [0.5, 0.6) is 0 Å². The first-order valence-electron chi connectivity index (χ1n) is 1.44. The highest BCUT2D eigenvalue weighted by atomic mass is 32.2. The SMILES string of the molecule is C.CS(=O)(=O)O.O=S([O-])O. The van der Waals surface area contributed by atoms with Crippen molar-refractivity contribution < 1.29 is 26.3 Å². The van der Waals surface area contributed by atoms with E-state index in [0.29, 0.717) is 6.26 Å². The van der Waals surface area contributed by atoms with Crippen molar-refractivity contribution in [3.8, 4) is 0 Å². The Morgan fingerprint density at radius 3 is 1.50 bits per heavy atom. The van der Waals surface area contributed by atoms with Gasteiger partial charge in [0.15, 0.2) is 0 Å². The maximum Gasteiger partial charge on any atom is 0.261 e. The van der Waals surface area contributed by atoms with Crippen LogP contribution in [0, 0.1) is 0 Å². The van der Waals surface area contributed by atoms with E-state index < -0.39 is 21.5 Å². The lowest BCUT2D eigenvalue weighted by atomic mass is 12.0. The lowest BCUT2D eigenvalue weighted by molar-refractivity contribution is 0.436. The van der Waals surface area contributed by atoms with E-state index in [1.807, 2.05) is 0 Å². The van der Waals surface area contributed by atoms with Gasteiger partial charge < -0.3 is 9.11 Å². The van der Waals surface area contributed by atoms with Crippen LogP contribution < -0.4 is 0 Å². The summed E-state index contributed by atoms with van der Waals surface area (Å²) in [5.41, 5.74) is 0. The topological polar surface area (TPSA) is 115 Å². The summed E-state index contributed by atoms with van der Waals surface area (Å²) in [6.07, 6.45) is 0.715. The van der Waals surface area contributed by atoms with Gasteiger partial charge in [0.25, 0.3) is 10.1 Å². The second-order valence-electron chi connectivity index (χ2n) is 0.950. The summed E-state index contributed by atoms with van der Waals surface area (Å²) in [6.45, 7) is 0. The third-order valence-electron chi connectivity index (χ3n) is 0. The molecule has 6 nitrogen and oxygen atoms in total. The van der Waals surface area contributed by atoms with E-state index in [4.69, 9.17) is 17.9 Å². The highest BCUT2D eigenvalue weighted by Gasteiger charge is 1.81. The molecule has 0 aliphatic carbocycles. The molecule has 0 heterocycles. The lowest BCUT2D eigenvalue weighted by Crippen LogP contribution is -1.88. The first-order valence-corrected chi connectivity index (χ1v) is 4.32. The molecular formula is C2H9O6S2-. The monoisotopic (exact) mass is 193 g/mol. The van der Waals surface area contributed by atoms with E-state index in [1.165, 1.54) is 0 Å². The van der Waals surface area contributed by atoms with Crippen molar-refractivity contribution >= 4 is 21.5 Å². The molecule has 0 aromatic rings. The Morgan fingerprint density at radius 2 is 1.50 bits per heavy atom. The van der Waals surface area contributed by atoms with E-state index >= 15 is 0 Å². The predicted octanol–water partition coefficient (Wildman–Crippen LogP) is -0.521. The minimum atomic E-state index is -3.67. The Bertz CT molecular complexity index is 156. The van der Waals surface area contributed by atoms with E-state index in [1.54, 1.807) is 0 Å². The average molecular weight is 193 g/mol.